The van der Waals surface area contributed by atoms with E-state index in [0.29, 0.717) is 23.2 Å². The molecule has 6 heteroatoms. The van der Waals surface area contributed by atoms with Crippen molar-refractivity contribution >= 4 is 22.5 Å². The SMILES string of the molecule is COCc1cccc(NC(=O)Cn2ncc(=O)c3ccccc32)c1. The number of nitrogens with zero attached hydrogens (tertiary/aromatic N) is 2. The second kappa shape index (κ2) is 7.06. The van der Waals surface area contributed by atoms with Crippen molar-refractivity contribution in [1.29, 1.82) is 0 Å². The fourth-order valence-corrected chi connectivity index (χ4v) is 2.53. The fourth-order valence-electron chi connectivity index (χ4n) is 2.53. The van der Waals surface area contributed by atoms with Gasteiger partial charge in [-0.15, -0.1) is 0 Å². The molecule has 0 fully saturated rings. The summed E-state index contributed by atoms with van der Waals surface area (Å²) in [5.41, 5.74) is 2.14. The smallest absolute Gasteiger partial charge is 0.246 e. The van der Waals surface area contributed by atoms with Crippen LogP contribution in [0, 0.1) is 0 Å². The van der Waals surface area contributed by atoms with E-state index in [9.17, 15) is 9.59 Å². The van der Waals surface area contributed by atoms with Crippen LogP contribution < -0.4 is 10.7 Å². The van der Waals surface area contributed by atoms with Gasteiger partial charge in [0.2, 0.25) is 11.3 Å². The largest absolute Gasteiger partial charge is 0.380 e. The Morgan fingerprint density at radius 1 is 1.21 bits per heavy atom. The minimum absolute atomic E-state index is 0.0231. The highest BCUT2D eigenvalue weighted by Crippen LogP contribution is 2.12. The van der Waals surface area contributed by atoms with E-state index in [2.05, 4.69) is 10.4 Å². The average molecular weight is 323 g/mol. The zero-order valence-electron chi connectivity index (χ0n) is 13.2. The molecular formula is C18H17N3O3. The summed E-state index contributed by atoms with van der Waals surface area (Å²) in [6, 6.07) is 14.6. The summed E-state index contributed by atoms with van der Waals surface area (Å²) >= 11 is 0. The molecule has 0 atom stereocenters. The van der Waals surface area contributed by atoms with E-state index in [-0.39, 0.29) is 17.9 Å². The van der Waals surface area contributed by atoms with Crippen LogP contribution in [0.25, 0.3) is 10.9 Å². The summed E-state index contributed by atoms with van der Waals surface area (Å²) in [6.45, 7) is 0.505. The van der Waals surface area contributed by atoms with Crippen LogP contribution >= 0.6 is 0 Å². The number of carbonyl (C=O) groups is 1. The molecule has 0 bridgehead atoms. The molecule has 3 aromatic rings. The summed E-state index contributed by atoms with van der Waals surface area (Å²) in [6.07, 6.45) is 1.23. The third-order valence-electron chi connectivity index (χ3n) is 3.58. The van der Waals surface area contributed by atoms with Crippen molar-refractivity contribution < 1.29 is 9.53 Å². The number of fused-ring (bicyclic) bond motifs is 1. The van der Waals surface area contributed by atoms with Gasteiger partial charge >= 0.3 is 0 Å². The first-order valence-electron chi connectivity index (χ1n) is 7.50. The Morgan fingerprint density at radius 2 is 2.04 bits per heavy atom. The minimum atomic E-state index is -0.217. The lowest BCUT2D eigenvalue weighted by atomic mass is 10.2. The van der Waals surface area contributed by atoms with Gasteiger partial charge in [-0.1, -0.05) is 24.3 Å². The highest BCUT2D eigenvalue weighted by molar-refractivity contribution is 5.91. The van der Waals surface area contributed by atoms with Gasteiger partial charge in [0.05, 0.1) is 18.3 Å². The number of ether oxygens (including phenoxy) is 1. The maximum Gasteiger partial charge on any atom is 0.246 e. The number of carbonyl (C=O) groups excluding carboxylic acids is 1. The maximum atomic E-state index is 12.3. The predicted octanol–water partition coefficient (Wildman–Crippen LogP) is 2.18. The Labute approximate surface area is 138 Å². The highest BCUT2D eigenvalue weighted by atomic mass is 16.5. The van der Waals surface area contributed by atoms with Gasteiger partial charge in [0.25, 0.3) is 0 Å². The predicted molar refractivity (Wildman–Crippen MR) is 91.8 cm³/mol. The van der Waals surface area contributed by atoms with E-state index in [4.69, 9.17) is 4.74 Å². The molecule has 2 aromatic carbocycles. The Kier molecular flexibility index (Phi) is 4.67. The quantitative estimate of drug-likeness (QED) is 0.781. The van der Waals surface area contributed by atoms with Gasteiger partial charge in [0.1, 0.15) is 6.54 Å². The first kappa shape index (κ1) is 15.9. The fraction of sp³-hybridized carbons (Fsp3) is 0.167. The van der Waals surface area contributed by atoms with Crippen molar-refractivity contribution in [3.63, 3.8) is 0 Å². The Bertz CT molecular complexity index is 934. The molecule has 0 aliphatic rings. The molecule has 1 N–H and O–H groups in total. The molecule has 6 nitrogen and oxygen atoms in total. The number of benzene rings is 2. The minimum Gasteiger partial charge on any atom is -0.380 e. The lowest BCUT2D eigenvalue weighted by Gasteiger charge is -2.10. The Hall–Kier alpha value is -2.99. The normalized spacial score (nSPS) is 10.7. The summed E-state index contributed by atoms with van der Waals surface area (Å²) in [7, 11) is 1.62. The van der Waals surface area contributed by atoms with Gasteiger partial charge < -0.3 is 10.1 Å². The first-order valence-corrected chi connectivity index (χ1v) is 7.50. The van der Waals surface area contributed by atoms with Gasteiger partial charge in [-0.05, 0) is 29.8 Å². The van der Waals surface area contributed by atoms with Crippen molar-refractivity contribution in [2.75, 3.05) is 12.4 Å². The van der Waals surface area contributed by atoms with Crippen molar-refractivity contribution in [3.05, 3.63) is 70.5 Å². The first-order chi connectivity index (χ1) is 11.7. The number of rotatable bonds is 5. The molecule has 0 radical (unpaired) electrons. The van der Waals surface area contributed by atoms with Crippen LogP contribution in [0.15, 0.2) is 59.5 Å². The molecule has 0 saturated heterocycles. The standard InChI is InChI=1S/C18H17N3O3/c1-24-12-13-5-4-6-14(9-13)20-18(23)11-21-16-8-3-2-7-15(16)17(22)10-19-21/h2-10H,11-12H2,1H3,(H,20,23). The number of anilines is 1. The van der Waals surface area contributed by atoms with Gasteiger partial charge in [-0.2, -0.15) is 5.10 Å². The summed E-state index contributed by atoms with van der Waals surface area (Å²) in [4.78, 5) is 24.1. The van der Waals surface area contributed by atoms with E-state index in [0.717, 1.165) is 5.56 Å². The molecule has 1 amide bonds. The van der Waals surface area contributed by atoms with Crippen molar-refractivity contribution in [1.82, 2.24) is 9.78 Å². The van der Waals surface area contributed by atoms with Crippen LogP contribution in [0.5, 0.6) is 0 Å². The van der Waals surface area contributed by atoms with Crippen LogP contribution in [0.2, 0.25) is 0 Å². The molecule has 0 aliphatic carbocycles. The van der Waals surface area contributed by atoms with E-state index >= 15 is 0 Å². The van der Waals surface area contributed by atoms with E-state index < -0.39 is 0 Å². The summed E-state index contributed by atoms with van der Waals surface area (Å²) in [5.74, 6) is -0.217. The number of aromatic nitrogens is 2. The van der Waals surface area contributed by atoms with Crippen molar-refractivity contribution in [2.45, 2.75) is 13.2 Å². The molecule has 0 spiro atoms. The third kappa shape index (κ3) is 3.49. The lowest BCUT2D eigenvalue weighted by Crippen LogP contribution is -2.22. The number of hydrogen-bond acceptors (Lipinski definition) is 4. The molecule has 122 valence electrons. The van der Waals surface area contributed by atoms with Crippen molar-refractivity contribution in [2.24, 2.45) is 0 Å². The van der Waals surface area contributed by atoms with Crippen LogP contribution in [-0.2, 0) is 22.7 Å². The lowest BCUT2D eigenvalue weighted by molar-refractivity contribution is -0.116. The Balaban J connectivity index is 1.79. The highest BCUT2D eigenvalue weighted by Gasteiger charge is 2.08. The zero-order valence-corrected chi connectivity index (χ0v) is 13.2. The van der Waals surface area contributed by atoms with Gasteiger partial charge in [0.15, 0.2) is 0 Å². The Morgan fingerprint density at radius 3 is 2.88 bits per heavy atom. The molecular weight excluding hydrogens is 306 g/mol. The molecule has 0 aliphatic heterocycles. The van der Waals surface area contributed by atoms with Crippen LogP contribution in [0.3, 0.4) is 0 Å². The number of methoxy groups -OCH3 is 1. The topological polar surface area (TPSA) is 73.2 Å². The summed E-state index contributed by atoms with van der Waals surface area (Å²) < 4.78 is 6.61. The second-order valence-corrected chi connectivity index (χ2v) is 5.37. The summed E-state index contributed by atoms with van der Waals surface area (Å²) in [5, 5.41) is 7.44. The number of amides is 1. The van der Waals surface area contributed by atoms with Crippen LogP contribution in [0.1, 0.15) is 5.56 Å². The molecule has 1 aromatic heterocycles. The van der Waals surface area contributed by atoms with Gasteiger partial charge in [0, 0.05) is 18.2 Å². The number of para-hydroxylation sites is 1. The van der Waals surface area contributed by atoms with Crippen LogP contribution in [-0.4, -0.2) is 22.8 Å². The third-order valence-corrected chi connectivity index (χ3v) is 3.58. The molecule has 0 saturated carbocycles. The van der Waals surface area contributed by atoms with E-state index in [1.54, 1.807) is 25.3 Å². The zero-order chi connectivity index (χ0) is 16.9. The number of hydrogen-bond donors (Lipinski definition) is 1. The monoisotopic (exact) mass is 323 g/mol. The van der Waals surface area contributed by atoms with E-state index in [1.165, 1.54) is 10.9 Å². The van der Waals surface area contributed by atoms with Gasteiger partial charge in [-0.3, -0.25) is 14.3 Å². The van der Waals surface area contributed by atoms with Crippen LogP contribution in [0.4, 0.5) is 5.69 Å². The molecule has 0 unspecified atom stereocenters. The molecule has 24 heavy (non-hydrogen) atoms. The molecule has 1 heterocycles. The average Bonchev–Trinajstić information content (AvgIpc) is 2.58. The van der Waals surface area contributed by atoms with E-state index in [1.807, 2.05) is 30.3 Å². The second-order valence-electron chi connectivity index (χ2n) is 5.37. The number of nitrogens with one attached hydrogen (secondary N) is 1. The maximum absolute atomic E-state index is 12.3. The van der Waals surface area contributed by atoms with Gasteiger partial charge in [-0.25, -0.2) is 0 Å². The van der Waals surface area contributed by atoms with Crippen molar-refractivity contribution in [3.8, 4) is 0 Å². The molecule has 3 rings (SSSR count).